The van der Waals surface area contributed by atoms with E-state index in [0.29, 0.717) is 39.3 Å². The lowest BCUT2D eigenvalue weighted by Crippen LogP contribution is -2.56. The Hall–Kier alpha value is -0.103. The summed E-state index contributed by atoms with van der Waals surface area (Å²) in [6.07, 6.45) is 3.19. The van der Waals surface area contributed by atoms with Gasteiger partial charge in [-0.3, -0.25) is 4.74 Å². The second-order valence-corrected chi connectivity index (χ2v) is 11.8. The molecule has 0 aromatic carbocycles. The van der Waals surface area contributed by atoms with E-state index in [2.05, 4.69) is 20.4 Å². The Balaban J connectivity index is 2.01. The van der Waals surface area contributed by atoms with Gasteiger partial charge >= 0.3 is 8.56 Å². The molecule has 32 heavy (non-hydrogen) atoms. The summed E-state index contributed by atoms with van der Waals surface area (Å²) in [5.74, 6) is -1.03. The molecular weight excluding hydrogens is 432 g/mol. The van der Waals surface area contributed by atoms with Gasteiger partial charge < -0.3 is 32.5 Å². The van der Waals surface area contributed by atoms with Crippen LogP contribution >= 0.6 is 0 Å². The Kier molecular flexibility index (Phi) is 12.0. The van der Waals surface area contributed by atoms with Crippen LogP contribution in [0.4, 0.5) is 0 Å². The van der Waals surface area contributed by atoms with Crippen molar-refractivity contribution in [2.75, 3.05) is 33.0 Å². The standard InChI is InChI=1S/C23H46O8Si/c1-8-20(29-21(9-2)30-23(11-4)26-14-13-15-27-23)18(6)31-32(7,28-12-5)22(10-3)25-17-19-16-24-19/h18-22H,8-17H2,1-7H3. The molecule has 9 heteroatoms. The first-order valence-electron chi connectivity index (χ1n) is 12.5. The molecule has 2 heterocycles. The topological polar surface area (TPSA) is 77.1 Å². The highest BCUT2D eigenvalue weighted by Crippen LogP contribution is 2.29. The number of rotatable bonds is 17. The Bertz CT molecular complexity index is 514. The molecule has 2 fully saturated rings. The van der Waals surface area contributed by atoms with Gasteiger partial charge in [-0.05, 0) is 46.1 Å². The van der Waals surface area contributed by atoms with E-state index in [1.54, 1.807) is 0 Å². The lowest BCUT2D eigenvalue weighted by molar-refractivity contribution is -0.438. The summed E-state index contributed by atoms with van der Waals surface area (Å²) in [7, 11) is -2.63. The summed E-state index contributed by atoms with van der Waals surface area (Å²) < 4.78 is 48.6. The molecule has 0 aliphatic carbocycles. The summed E-state index contributed by atoms with van der Waals surface area (Å²) in [5, 5.41) is 0. The average molecular weight is 479 g/mol. The van der Waals surface area contributed by atoms with Crippen LogP contribution in [0.3, 0.4) is 0 Å². The minimum Gasteiger partial charge on any atom is -0.393 e. The maximum Gasteiger partial charge on any atom is 0.365 e. The first-order chi connectivity index (χ1) is 15.3. The summed E-state index contributed by atoms with van der Waals surface area (Å²) in [5.41, 5.74) is -0.0720. The van der Waals surface area contributed by atoms with E-state index in [1.807, 2.05) is 27.7 Å². The largest absolute Gasteiger partial charge is 0.393 e. The third-order valence-electron chi connectivity index (χ3n) is 5.95. The molecule has 6 atom stereocenters. The maximum atomic E-state index is 6.63. The van der Waals surface area contributed by atoms with Crippen LogP contribution in [-0.2, 0) is 37.3 Å². The van der Waals surface area contributed by atoms with E-state index >= 15 is 0 Å². The molecule has 2 aliphatic heterocycles. The van der Waals surface area contributed by atoms with E-state index < -0.39 is 20.8 Å². The normalized spacial score (nSPS) is 26.2. The van der Waals surface area contributed by atoms with Crippen LogP contribution in [0, 0.1) is 0 Å². The monoisotopic (exact) mass is 478 g/mol. The first-order valence-corrected chi connectivity index (χ1v) is 14.9. The van der Waals surface area contributed by atoms with Gasteiger partial charge in [0.2, 0.25) is 0 Å². The summed E-state index contributed by atoms with van der Waals surface area (Å²) in [6.45, 7) is 17.6. The van der Waals surface area contributed by atoms with Crippen LogP contribution in [0.25, 0.3) is 0 Å². The van der Waals surface area contributed by atoms with Crippen LogP contribution in [0.1, 0.15) is 73.6 Å². The van der Waals surface area contributed by atoms with Crippen LogP contribution in [-0.4, -0.2) is 77.9 Å². The number of ether oxygens (including phenoxy) is 6. The molecule has 0 radical (unpaired) electrons. The van der Waals surface area contributed by atoms with Crippen molar-refractivity contribution in [2.24, 2.45) is 0 Å². The Morgan fingerprint density at radius 3 is 2.22 bits per heavy atom. The van der Waals surface area contributed by atoms with Crippen molar-refractivity contribution < 1.29 is 37.3 Å². The minimum atomic E-state index is -2.63. The van der Waals surface area contributed by atoms with Gasteiger partial charge in [0.25, 0.3) is 5.97 Å². The molecule has 0 aromatic heterocycles. The lowest BCUT2D eigenvalue weighted by Gasteiger charge is -2.40. The molecule has 190 valence electrons. The highest BCUT2D eigenvalue weighted by molar-refractivity contribution is 6.67. The SMILES string of the molecule is CCO[Si](C)(OC(C)C(CC)OC(CC)OC1(CC)OCCCO1)C(CC)OCC1CO1. The third-order valence-corrected chi connectivity index (χ3v) is 9.40. The quantitative estimate of drug-likeness (QED) is 0.174. The second-order valence-electron chi connectivity index (χ2n) is 8.58. The van der Waals surface area contributed by atoms with E-state index in [-0.39, 0.29) is 24.0 Å². The summed E-state index contributed by atoms with van der Waals surface area (Å²) in [4.78, 5) is 0. The van der Waals surface area contributed by atoms with Crippen molar-refractivity contribution >= 4 is 8.56 Å². The molecule has 0 saturated carbocycles. The van der Waals surface area contributed by atoms with Gasteiger partial charge in [-0.1, -0.05) is 27.7 Å². The zero-order valence-corrected chi connectivity index (χ0v) is 22.2. The number of epoxide rings is 1. The van der Waals surface area contributed by atoms with Crippen LogP contribution in [0.2, 0.25) is 6.55 Å². The molecular formula is C23H46O8Si. The van der Waals surface area contributed by atoms with Gasteiger partial charge in [0.05, 0.1) is 38.6 Å². The van der Waals surface area contributed by atoms with Crippen molar-refractivity contribution in [1.29, 1.82) is 0 Å². The fraction of sp³-hybridized carbons (Fsp3) is 1.00. The average Bonchev–Trinajstić information content (AvgIpc) is 3.62. The molecule has 2 rings (SSSR count). The molecule has 6 unspecified atom stereocenters. The zero-order chi connectivity index (χ0) is 23.6. The van der Waals surface area contributed by atoms with Gasteiger partial charge in [0.1, 0.15) is 11.8 Å². The van der Waals surface area contributed by atoms with Crippen LogP contribution in [0.5, 0.6) is 0 Å². The smallest absolute Gasteiger partial charge is 0.365 e. The van der Waals surface area contributed by atoms with Gasteiger partial charge in [-0.2, -0.15) is 0 Å². The molecule has 0 N–H and O–H groups in total. The van der Waals surface area contributed by atoms with E-state index in [1.165, 1.54) is 0 Å². The predicted molar refractivity (Wildman–Crippen MR) is 123 cm³/mol. The minimum absolute atomic E-state index is 0.0720. The fourth-order valence-electron chi connectivity index (χ4n) is 4.02. The molecule has 0 aromatic rings. The molecule has 0 bridgehead atoms. The van der Waals surface area contributed by atoms with Crippen molar-refractivity contribution in [1.82, 2.24) is 0 Å². The lowest BCUT2D eigenvalue weighted by atomic mass is 10.2. The van der Waals surface area contributed by atoms with E-state index in [0.717, 1.165) is 25.9 Å². The Morgan fingerprint density at radius 2 is 1.72 bits per heavy atom. The Labute approximate surface area is 195 Å². The van der Waals surface area contributed by atoms with Gasteiger partial charge in [0.15, 0.2) is 6.29 Å². The Morgan fingerprint density at radius 1 is 1.03 bits per heavy atom. The van der Waals surface area contributed by atoms with Gasteiger partial charge in [0, 0.05) is 13.0 Å². The van der Waals surface area contributed by atoms with Crippen molar-refractivity contribution in [3.8, 4) is 0 Å². The third kappa shape index (κ3) is 8.28. The zero-order valence-electron chi connectivity index (χ0n) is 21.2. The van der Waals surface area contributed by atoms with Crippen molar-refractivity contribution in [3.05, 3.63) is 0 Å². The fourth-order valence-corrected chi connectivity index (χ4v) is 7.02. The van der Waals surface area contributed by atoms with Gasteiger partial charge in [-0.15, -0.1) is 0 Å². The number of hydrogen-bond donors (Lipinski definition) is 0. The van der Waals surface area contributed by atoms with Gasteiger partial charge in [-0.25, -0.2) is 0 Å². The van der Waals surface area contributed by atoms with Crippen molar-refractivity contribution in [3.63, 3.8) is 0 Å². The first kappa shape index (κ1) is 28.1. The molecule has 0 spiro atoms. The highest BCUT2D eigenvalue weighted by Gasteiger charge is 2.45. The van der Waals surface area contributed by atoms with E-state index in [9.17, 15) is 0 Å². The second kappa shape index (κ2) is 13.7. The molecule has 2 aliphatic rings. The highest BCUT2D eigenvalue weighted by atomic mass is 28.4. The molecule has 2 saturated heterocycles. The van der Waals surface area contributed by atoms with E-state index in [4.69, 9.17) is 37.3 Å². The molecule has 0 amide bonds. The van der Waals surface area contributed by atoms with Crippen LogP contribution in [0.15, 0.2) is 0 Å². The summed E-state index contributed by atoms with van der Waals surface area (Å²) >= 11 is 0. The maximum absolute atomic E-state index is 6.63. The van der Waals surface area contributed by atoms with Crippen LogP contribution < -0.4 is 0 Å². The summed E-state index contributed by atoms with van der Waals surface area (Å²) in [6, 6.07) is 0. The number of hydrogen-bond acceptors (Lipinski definition) is 8. The van der Waals surface area contributed by atoms with Crippen molar-refractivity contribution in [2.45, 2.75) is 116 Å². The molecule has 8 nitrogen and oxygen atoms in total. The predicted octanol–water partition coefficient (Wildman–Crippen LogP) is 4.28.